The Morgan fingerprint density at radius 2 is 1.61 bits per heavy atom. The van der Waals surface area contributed by atoms with E-state index in [-0.39, 0.29) is 41.2 Å². The zero-order valence-electron chi connectivity index (χ0n) is 24.1. The molecule has 2 atom stereocenters. The second-order valence-electron chi connectivity index (χ2n) is 10.4. The van der Waals surface area contributed by atoms with Crippen molar-refractivity contribution in [2.24, 2.45) is 5.92 Å². The highest BCUT2D eigenvalue weighted by Crippen LogP contribution is 2.26. The van der Waals surface area contributed by atoms with Crippen molar-refractivity contribution in [1.29, 1.82) is 0 Å². The molecule has 0 aromatic carbocycles. The highest BCUT2D eigenvalue weighted by molar-refractivity contribution is 7.10. The van der Waals surface area contributed by atoms with Crippen molar-refractivity contribution >= 4 is 46.6 Å². The van der Waals surface area contributed by atoms with Gasteiger partial charge in [-0.1, -0.05) is 13.8 Å². The molecule has 3 amide bonds. The fourth-order valence-electron chi connectivity index (χ4n) is 3.44. The van der Waals surface area contributed by atoms with Crippen LogP contribution in [-0.4, -0.2) is 51.5 Å². The number of rotatable bonds is 10. The SMILES string of the molecule is COC(=O)c1nc([C@H](C)NC(=O)c2csc([C@H](NC(=O)c3csc(CNC(=O)OC(C)(C)C)n3)C(C)C)n2)oc1C. The van der Waals surface area contributed by atoms with Crippen LogP contribution >= 0.6 is 22.7 Å². The van der Waals surface area contributed by atoms with Crippen LogP contribution in [0, 0.1) is 12.8 Å². The van der Waals surface area contributed by atoms with Crippen molar-refractivity contribution in [3.05, 3.63) is 49.5 Å². The van der Waals surface area contributed by atoms with Crippen molar-refractivity contribution in [3.63, 3.8) is 0 Å². The van der Waals surface area contributed by atoms with E-state index >= 15 is 0 Å². The molecule has 0 saturated heterocycles. The van der Waals surface area contributed by atoms with Gasteiger partial charge in [0.05, 0.1) is 19.7 Å². The second-order valence-corrected chi connectivity index (χ2v) is 12.2. The van der Waals surface area contributed by atoms with Crippen LogP contribution < -0.4 is 16.0 Å². The summed E-state index contributed by atoms with van der Waals surface area (Å²) < 4.78 is 15.4. The van der Waals surface area contributed by atoms with Crippen molar-refractivity contribution in [2.75, 3.05) is 7.11 Å². The first-order valence-corrected chi connectivity index (χ1v) is 14.5. The van der Waals surface area contributed by atoms with Crippen LogP contribution in [0.2, 0.25) is 0 Å². The lowest BCUT2D eigenvalue weighted by molar-refractivity contribution is 0.0522. The number of hydrogen-bond acceptors (Lipinski definition) is 12. The van der Waals surface area contributed by atoms with E-state index in [9.17, 15) is 19.2 Å². The number of esters is 1. The smallest absolute Gasteiger partial charge is 0.408 e. The molecule has 3 aromatic heterocycles. The normalized spacial score (nSPS) is 12.9. The van der Waals surface area contributed by atoms with Gasteiger partial charge in [0.15, 0.2) is 5.69 Å². The van der Waals surface area contributed by atoms with Crippen LogP contribution in [0.15, 0.2) is 15.2 Å². The summed E-state index contributed by atoms with van der Waals surface area (Å²) in [6, 6.07) is -1.12. The summed E-state index contributed by atoms with van der Waals surface area (Å²) in [5.74, 6) is -1.11. The molecular weight excluding hydrogens is 572 g/mol. The third-order valence-electron chi connectivity index (χ3n) is 5.45. The van der Waals surface area contributed by atoms with Crippen LogP contribution in [0.3, 0.4) is 0 Å². The molecule has 0 aliphatic rings. The molecule has 0 aliphatic heterocycles. The zero-order valence-corrected chi connectivity index (χ0v) is 25.7. The number of nitrogens with one attached hydrogen (secondary N) is 3. The maximum atomic E-state index is 13.0. The number of carbonyl (C=O) groups excluding carboxylic acids is 4. The fraction of sp³-hybridized carbons (Fsp3) is 0.500. The number of nitrogens with zero attached hydrogens (tertiary/aromatic N) is 3. The molecule has 0 fully saturated rings. The molecule has 0 saturated carbocycles. The first-order valence-electron chi connectivity index (χ1n) is 12.7. The molecular formula is C26H34N6O7S2. The predicted octanol–water partition coefficient (Wildman–Crippen LogP) is 4.33. The maximum Gasteiger partial charge on any atom is 0.408 e. The molecule has 3 heterocycles. The summed E-state index contributed by atoms with van der Waals surface area (Å²) in [5, 5.41) is 12.6. The van der Waals surface area contributed by atoms with Gasteiger partial charge in [0, 0.05) is 10.8 Å². The van der Waals surface area contributed by atoms with Crippen molar-refractivity contribution in [3.8, 4) is 0 Å². The van der Waals surface area contributed by atoms with Crippen LogP contribution in [0.5, 0.6) is 0 Å². The van der Waals surface area contributed by atoms with E-state index in [1.54, 1.807) is 45.4 Å². The van der Waals surface area contributed by atoms with Crippen LogP contribution in [0.1, 0.15) is 107 Å². The standard InChI is InChI=1S/C26H34N6O7S2/c1-12(2)18(31-21(34)15-10-40-17(29-15)9-27-25(36)39-26(5,6)7)23-30-16(11-41-23)20(33)28-13(3)22-32-19(14(4)38-22)24(35)37-8/h10-13,18H,9H2,1-8H3,(H,27,36)(H,28,33)(H,31,34)/t13-,18+/m0/s1. The number of carbonyl (C=O) groups is 4. The molecule has 3 rings (SSSR count). The summed E-state index contributed by atoms with van der Waals surface area (Å²) in [7, 11) is 1.24. The van der Waals surface area contributed by atoms with Gasteiger partial charge in [-0.3, -0.25) is 9.59 Å². The average Bonchev–Trinajstić information content (AvgIpc) is 3.64. The third kappa shape index (κ3) is 8.57. The molecule has 0 spiro atoms. The lowest BCUT2D eigenvalue weighted by Gasteiger charge is -2.19. The number of aryl methyl sites for hydroxylation is 1. The largest absolute Gasteiger partial charge is 0.464 e. The molecule has 0 radical (unpaired) electrons. The van der Waals surface area contributed by atoms with Crippen molar-refractivity contribution < 1.29 is 33.1 Å². The molecule has 15 heteroatoms. The van der Waals surface area contributed by atoms with E-state index in [0.29, 0.717) is 10.0 Å². The van der Waals surface area contributed by atoms with Gasteiger partial charge in [-0.2, -0.15) is 0 Å². The average molecular weight is 607 g/mol. The molecule has 3 aromatic rings. The topological polar surface area (TPSA) is 175 Å². The lowest BCUT2D eigenvalue weighted by atomic mass is 10.1. The Labute approximate surface area is 245 Å². The fourth-order valence-corrected chi connectivity index (χ4v) is 5.18. The Morgan fingerprint density at radius 1 is 0.976 bits per heavy atom. The summed E-state index contributed by atoms with van der Waals surface area (Å²) >= 11 is 2.48. The van der Waals surface area contributed by atoms with Gasteiger partial charge in [0.25, 0.3) is 11.8 Å². The van der Waals surface area contributed by atoms with Gasteiger partial charge < -0.3 is 29.8 Å². The Bertz CT molecular complexity index is 1410. The van der Waals surface area contributed by atoms with Crippen LogP contribution in [0.4, 0.5) is 4.79 Å². The molecule has 222 valence electrons. The summed E-state index contributed by atoms with van der Waals surface area (Å²) in [6.07, 6.45) is -0.571. The van der Waals surface area contributed by atoms with E-state index in [4.69, 9.17) is 9.15 Å². The minimum Gasteiger partial charge on any atom is -0.464 e. The Hall–Kier alpha value is -3.85. The van der Waals surface area contributed by atoms with Crippen molar-refractivity contribution in [2.45, 2.75) is 72.7 Å². The second kappa shape index (κ2) is 13.2. The van der Waals surface area contributed by atoms with Gasteiger partial charge >= 0.3 is 12.1 Å². The van der Waals surface area contributed by atoms with Crippen LogP contribution in [-0.2, 0) is 16.0 Å². The Balaban J connectivity index is 1.62. The number of aromatic nitrogens is 3. The zero-order chi connectivity index (χ0) is 30.5. The molecule has 41 heavy (non-hydrogen) atoms. The minimum absolute atomic E-state index is 0.0427. The number of oxazole rings is 1. The van der Waals surface area contributed by atoms with E-state index in [1.807, 2.05) is 13.8 Å². The number of ether oxygens (including phenoxy) is 2. The predicted molar refractivity (Wildman–Crippen MR) is 151 cm³/mol. The van der Waals surface area contributed by atoms with Gasteiger partial charge in [-0.25, -0.2) is 24.5 Å². The maximum absolute atomic E-state index is 13.0. The van der Waals surface area contributed by atoms with Gasteiger partial charge in [0.1, 0.15) is 38.8 Å². The Kier molecular flexibility index (Phi) is 10.2. The van der Waals surface area contributed by atoms with E-state index < -0.39 is 41.6 Å². The molecule has 0 unspecified atom stereocenters. The first kappa shape index (κ1) is 31.7. The third-order valence-corrected chi connectivity index (χ3v) is 7.23. The lowest BCUT2D eigenvalue weighted by Crippen LogP contribution is -2.33. The molecule has 0 aliphatic carbocycles. The number of hydrogen-bond donors (Lipinski definition) is 3. The number of amides is 3. The monoisotopic (exact) mass is 606 g/mol. The quantitative estimate of drug-likeness (QED) is 0.282. The van der Waals surface area contributed by atoms with Gasteiger partial charge in [-0.05, 0) is 40.5 Å². The summed E-state index contributed by atoms with van der Waals surface area (Å²) in [4.78, 5) is 62.5. The molecule has 3 N–H and O–H groups in total. The summed E-state index contributed by atoms with van der Waals surface area (Å²) in [5.41, 5.74) is -0.208. The first-order chi connectivity index (χ1) is 19.2. The van der Waals surface area contributed by atoms with Crippen LogP contribution in [0.25, 0.3) is 0 Å². The molecule has 0 bridgehead atoms. The van der Waals surface area contributed by atoms with E-state index in [1.165, 1.54) is 29.8 Å². The van der Waals surface area contributed by atoms with Gasteiger partial charge in [0.2, 0.25) is 5.89 Å². The molecule has 13 nitrogen and oxygen atoms in total. The van der Waals surface area contributed by atoms with Crippen molar-refractivity contribution in [1.82, 2.24) is 30.9 Å². The highest BCUT2D eigenvalue weighted by Gasteiger charge is 2.27. The number of alkyl carbamates (subject to hydrolysis) is 1. The number of thiazole rings is 2. The highest BCUT2D eigenvalue weighted by atomic mass is 32.1. The van der Waals surface area contributed by atoms with E-state index in [0.717, 1.165) is 0 Å². The summed E-state index contributed by atoms with van der Waals surface area (Å²) in [6.45, 7) is 12.5. The van der Waals surface area contributed by atoms with Gasteiger partial charge in [-0.15, -0.1) is 22.7 Å². The number of methoxy groups -OCH3 is 1. The Morgan fingerprint density at radius 3 is 2.24 bits per heavy atom. The minimum atomic E-state index is -0.644. The van der Waals surface area contributed by atoms with E-state index in [2.05, 4.69) is 35.6 Å².